The highest BCUT2D eigenvalue weighted by molar-refractivity contribution is 6.31. The van der Waals surface area contributed by atoms with E-state index in [1.165, 1.54) is 44.4 Å². The summed E-state index contributed by atoms with van der Waals surface area (Å²) in [6, 6.07) is 9.72. The predicted molar refractivity (Wildman–Crippen MR) is 166 cm³/mol. The molecule has 6 rings (SSSR count). The number of nitrogens with zero attached hydrogens (tertiary/aromatic N) is 1. The number of methoxy groups -OCH3 is 1. The Kier molecular flexibility index (Phi) is 8.56. The number of ether oxygens (including phenoxy) is 3. The minimum atomic E-state index is -2.06. The van der Waals surface area contributed by atoms with Gasteiger partial charge in [0.25, 0.3) is 5.69 Å². The van der Waals surface area contributed by atoms with E-state index in [1.54, 1.807) is 19.1 Å². The van der Waals surface area contributed by atoms with Gasteiger partial charge < -0.3 is 40.0 Å². The maximum Gasteiger partial charge on any atom is 0.269 e. The largest absolute Gasteiger partial charge is 0.507 e. The van der Waals surface area contributed by atoms with Crippen LogP contribution in [0.2, 0.25) is 0 Å². The van der Waals surface area contributed by atoms with Crippen molar-refractivity contribution in [3.63, 3.8) is 0 Å². The van der Waals surface area contributed by atoms with Crippen LogP contribution in [0.4, 0.5) is 5.69 Å². The van der Waals surface area contributed by atoms with Crippen molar-refractivity contribution in [2.45, 2.75) is 75.9 Å². The Morgan fingerprint density at radius 2 is 1.77 bits per heavy atom. The van der Waals surface area contributed by atoms with Gasteiger partial charge in [0.2, 0.25) is 5.78 Å². The van der Waals surface area contributed by atoms with Gasteiger partial charge in [0, 0.05) is 60.7 Å². The van der Waals surface area contributed by atoms with Gasteiger partial charge >= 0.3 is 0 Å². The van der Waals surface area contributed by atoms with E-state index in [0.717, 1.165) is 5.56 Å². The van der Waals surface area contributed by atoms with E-state index in [0.29, 0.717) is 0 Å². The number of rotatable bonds is 8. The Hall–Kier alpha value is -4.73. The molecule has 5 unspecified atom stereocenters. The fraction of sp³-hybridized carbons (Fsp3) is 0.382. The summed E-state index contributed by atoms with van der Waals surface area (Å²) in [5.41, 5.74) is -2.63. The van der Waals surface area contributed by atoms with Crippen LogP contribution in [0.25, 0.3) is 0 Å². The zero-order valence-electron chi connectivity index (χ0n) is 26.3. The number of aliphatic hydroxyl groups is 2. The fourth-order valence-electron chi connectivity index (χ4n) is 6.81. The van der Waals surface area contributed by atoms with Crippen molar-refractivity contribution in [3.8, 4) is 17.2 Å². The zero-order valence-corrected chi connectivity index (χ0v) is 26.3. The van der Waals surface area contributed by atoms with Crippen LogP contribution in [0.3, 0.4) is 0 Å². The standard InChI is InChI=1S/C34H34N2O12/c1-15-29(38)21(35-14-17-7-9-18(10-8-17)36(44)45)11-24(47-15)48-23-13-34(43,16(2)37)12-20-26(23)33(42)28-27(31(20)40)30(39)19-5-4-6-22(46-3)25(19)32(28)41/h4-10,15,21,23-24,29,35,38,40,42-43H,11-14H2,1-3H3/t15?,21?,23?,24?,29?,34-/m0/s1. The number of nitro benzene ring substituents is 1. The van der Waals surface area contributed by atoms with Crippen LogP contribution in [0.5, 0.6) is 17.2 Å². The molecule has 1 saturated heterocycles. The van der Waals surface area contributed by atoms with Gasteiger partial charge in [-0.15, -0.1) is 0 Å². The summed E-state index contributed by atoms with van der Waals surface area (Å²) in [5, 5.41) is 59.8. The van der Waals surface area contributed by atoms with Gasteiger partial charge in [0.05, 0.1) is 47.0 Å². The third-order valence-electron chi connectivity index (χ3n) is 9.47. The molecule has 0 radical (unpaired) electrons. The lowest BCUT2D eigenvalue weighted by Crippen LogP contribution is -2.54. The minimum absolute atomic E-state index is 0.0395. The van der Waals surface area contributed by atoms with Gasteiger partial charge in [-0.05, 0) is 25.5 Å². The highest BCUT2D eigenvalue weighted by atomic mass is 16.7. The molecule has 1 fully saturated rings. The lowest BCUT2D eigenvalue weighted by Gasteiger charge is -2.43. The van der Waals surface area contributed by atoms with E-state index in [2.05, 4.69) is 5.32 Å². The monoisotopic (exact) mass is 662 g/mol. The average molecular weight is 663 g/mol. The quantitative estimate of drug-likeness (QED) is 0.104. The molecule has 6 atom stereocenters. The highest BCUT2D eigenvalue weighted by Crippen LogP contribution is 2.52. The highest BCUT2D eigenvalue weighted by Gasteiger charge is 2.49. The van der Waals surface area contributed by atoms with Crippen LogP contribution in [-0.2, 0) is 27.2 Å². The molecular weight excluding hydrogens is 628 g/mol. The van der Waals surface area contributed by atoms with Crippen molar-refractivity contribution < 1.29 is 53.9 Å². The number of aromatic hydroxyl groups is 2. The molecule has 3 aromatic carbocycles. The molecule has 1 aliphatic heterocycles. The van der Waals surface area contributed by atoms with Gasteiger partial charge in [-0.1, -0.05) is 24.3 Å². The number of ketones is 3. The number of aliphatic hydroxyl groups excluding tert-OH is 1. The summed E-state index contributed by atoms with van der Waals surface area (Å²) < 4.78 is 17.5. The number of carbonyl (C=O) groups is 3. The predicted octanol–water partition coefficient (Wildman–Crippen LogP) is 2.77. The summed E-state index contributed by atoms with van der Waals surface area (Å²) in [4.78, 5) is 50.7. The number of benzene rings is 3. The van der Waals surface area contributed by atoms with Crippen LogP contribution in [0.1, 0.15) is 81.3 Å². The third-order valence-corrected chi connectivity index (χ3v) is 9.47. The van der Waals surface area contributed by atoms with Crippen molar-refractivity contribution in [3.05, 3.63) is 91.5 Å². The van der Waals surface area contributed by atoms with E-state index in [1.807, 2.05) is 0 Å². The number of fused-ring (bicyclic) bond motifs is 3. The molecule has 0 amide bonds. The number of phenolic OH excluding ortho intramolecular Hbond substituents is 2. The molecule has 3 aliphatic rings. The number of hydrogen-bond acceptors (Lipinski definition) is 13. The Bertz CT molecular complexity index is 1840. The van der Waals surface area contributed by atoms with E-state index in [9.17, 15) is 44.9 Å². The van der Waals surface area contributed by atoms with Crippen molar-refractivity contribution in [2.24, 2.45) is 0 Å². The second-order valence-corrected chi connectivity index (χ2v) is 12.4. The lowest BCUT2D eigenvalue weighted by molar-refractivity contribution is -0.384. The number of Topliss-reactive ketones (excluding diaryl/α,β-unsaturated/α-hetero) is 1. The number of carbonyl (C=O) groups excluding carboxylic acids is 3. The number of non-ortho nitro benzene ring substituents is 1. The Balaban J connectivity index is 1.35. The first-order chi connectivity index (χ1) is 22.7. The molecule has 14 nitrogen and oxygen atoms in total. The smallest absolute Gasteiger partial charge is 0.269 e. The molecule has 252 valence electrons. The molecule has 0 bridgehead atoms. The second kappa shape index (κ2) is 12.4. The van der Waals surface area contributed by atoms with E-state index in [4.69, 9.17) is 14.2 Å². The van der Waals surface area contributed by atoms with Crippen molar-refractivity contribution in [2.75, 3.05) is 7.11 Å². The topological polar surface area (TPSA) is 215 Å². The summed E-state index contributed by atoms with van der Waals surface area (Å²) in [7, 11) is 1.33. The summed E-state index contributed by atoms with van der Waals surface area (Å²) in [6.07, 6.45) is -4.90. The molecule has 3 aromatic rings. The van der Waals surface area contributed by atoms with Crippen LogP contribution in [0, 0.1) is 10.1 Å². The number of phenols is 2. The minimum Gasteiger partial charge on any atom is -0.507 e. The van der Waals surface area contributed by atoms with Gasteiger partial charge in [-0.3, -0.25) is 24.5 Å². The number of hydrogen-bond donors (Lipinski definition) is 5. The van der Waals surface area contributed by atoms with Crippen molar-refractivity contribution in [1.82, 2.24) is 5.32 Å². The maximum atomic E-state index is 13.8. The lowest BCUT2D eigenvalue weighted by atomic mass is 9.72. The summed E-state index contributed by atoms with van der Waals surface area (Å²) in [5.74, 6) is -3.35. The molecule has 5 N–H and O–H groups in total. The van der Waals surface area contributed by atoms with Gasteiger partial charge in [-0.2, -0.15) is 0 Å². The molecule has 1 heterocycles. The van der Waals surface area contributed by atoms with E-state index in [-0.39, 0.29) is 53.1 Å². The molecule has 14 heteroatoms. The Morgan fingerprint density at radius 1 is 1.08 bits per heavy atom. The van der Waals surface area contributed by atoms with Gasteiger partial charge in [-0.25, -0.2) is 0 Å². The summed E-state index contributed by atoms with van der Waals surface area (Å²) >= 11 is 0. The first-order valence-electron chi connectivity index (χ1n) is 15.3. The fourth-order valence-corrected chi connectivity index (χ4v) is 6.81. The van der Waals surface area contributed by atoms with Crippen LogP contribution in [-0.4, -0.2) is 79.9 Å². The Labute approximate surface area is 274 Å². The number of nitrogens with one attached hydrogen (secondary N) is 1. The molecule has 0 spiro atoms. The first kappa shape index (κ1) is 33.2. The maximum absolute atomic E-state index is 13.8. The van der Waals surface area contributed by atoms with Gasteiger partial charge in [0.15, 0.2) is 17.9 Å². The molecular formula is C34H34N2O12. The Morgan fingerprint density at radius 3 is 2.42 bits per heavy atom. The zero-order chi connectivity index (χ0) is 34.7. The van der Waals surface area contributed by atoms with E-state index >= 15 is 0 Å². The first-order valence-corrected chi connectivity index (χ1v) is 15.3. The third kappa shape index (κ3) is 5.50. The van der Waals surface area contributed by atoms with Gasteiger partial charge in [0.1, 0.15) is 22.8 Å². The van der Waals surface area contributed by atoms with Crippen molar-refractivity contribution >= 4 is 23.0 Å². The SMILES string of the molecule is COc1cccc2c1C(=O)c1c(O)c3c(c(O)c1C2=O)C[C@@](O)(C(C)=O)CC3OC1CC(NCc2ccc([N+](=O)[O-])cc2)C(O)C(C)O1. The molecule has 0 saturated carbocycles. The summed E-state index contributed by atoms with van der Waals surface area (Å²) in [6.45, 7) is 3.04. The van der Waals surface area contributed by atoms with Crippen LogP contribution in [0.15, 0.2) is 42.5 Å². The van der Waals surface area contributed by atoms with Crippen molar-refractivity contribution in [1.29, 1.82) is 0 Å². The van der Waals surface area contributed by atoms with Crippen LogP contribution >= 0.6 is 0 Å². The van der Waals surface area contributed by atoms with Crippen LogP contribution < -0.4 is 10.1 Å². The average Bonchev–Trinajstić information content (AvgIpc) is 3.05. The molecule has 0 aromatic heterocycles. The van der Waals surface area contributed by atoms with E-state index < -0.39 is 87.6 Å². The number of nitro groups is 1. The normalized spacial score (nSPS) is 26.3. The molecule has 2 aliphatic carbocycles. The molecule has 48 heavy (non-hydrogen) atoms. The second-order valence-electron chi connectivity index (χ2n) is 12.4.